The van der Waals surface area contributed by atoms with Gasteiger partial charge in [0, 0.05) is 21.1 Å². The van der Waals surface area contributed by atoms with E-state index >= 15 is 0 Å². The van der Waals surface area contributed by atoms with Gasteiger partial charge in [-0.2, -0.15) is 0 Å². The van der Waals surface area contributed by atoms with Crippen LogP contribution < -0.4 is 4.74 Å². The van der Waals surface area contributed by atoms with Crippen LogP contribution in [0.2, 0.25) is 0 Å². The van der Waals surface area contributed by atoms with Crippen LogP contribution in [0.25, 0.3) is 0 Å². The summed E-state index contributed by atoms with van der Waals surface area (Å²) < 4.78 is 6.43. The van der Waals surface area contributed by atoms with Gasteiger partial charge in [-0.15, -0.1) is 0 Å². The fraction of sp³-hybridized carbons (Fsp3) is 0.188. The van der Waals surface area contributed by atoms with Gasteiger partial charge in [0.25, 0.3) is 0 Å². The van der Waals surface area contributed by atoms with Crippen LogP contribution in [0.4, 0.5) is 0 Å². The molecule has 0 aliphatic rings. The molecule has 0 atom stereocenters. The van der Waals surface area contributed by atoms with Gasteiger partial charge in [-0.05, 0) is 47.7 Å². The Hall–Kier alpha value is -1.36. The van der Waals surface area contributed by atoms with Crippen LogP contribution in [0.3, 0.4) is 0 Å². The van der Waals surface area contributed by atoms with Crippen molar-refractivity contribution in [1.29, 1.82) is 0 Å². The third-order valence-corrected chi connectivity index (χ3v) is 3.67. The van der Waals surface area contributed by atoms with Gasteiger partial charge in [0.05, 0.1) is 7.11 Å². The third kappa shape index (κ3) is 3.56. The summed E-state index contributed by atoms with van der Waals surface area (Å²) in [5.41, 5.74) is 2.81. The van der Waals surface area contributed by atoms with E-state index < -0.39 is 0 Å². The minimum atomic E-state index is 0.111. The highest BCUT2D eigenvalue weighted by atomic mass is 127. The summed E-state index contributed by atoms with van der Waals surface area (Å²) >= 11 is 2.23. The van der Waals surface area contributed by atoms with E-state index in [1.54, 1.807) is 7.11 Å². The van der Waals surface area contributed by atoms with E-state index in [4.69, 9.17) is 4.74 Å². The van der Waals surface area contributed by atoms with Crippen molar-refractivity contribution in [2.75, 3.05) is 7.11 Å². The maximum Gasteiger partial charge on any atom is 0.167 e. The fourth-order valence-corrected chi connectivity index (χ4v) is 2.32. The number of benzene rings is 2. The number of Topliss-reactive ketones (excluding diaryl/α,β-unsaturated/α-hetero) is 1. The standard InChI is InChI=1S/C16H15IO2/c1-11-3-8-16(19-2)13(9-11)10-15(18)12-4-6-14(17)7-5-12/h3-9H,10H2,1-2H3. The molecule has 19 heavy (non-hydrogen) atoms. The van der Waals surface area contributed by atoms with Gasteiger partial charge in [-0.1, -0.05) is 29.8 Å². The van der Waals surface area contributed by atoms with Gasteiger partial charge in [-0.25, -0.2) is 0 Å². The van der Waals surface area contributed by atoms with Crippen molar-refractivity contribution in [3.05, 3.63) is 62.7 Å². The second kappa shape index (κ2) is 6.19. The normalized spacial score (nSPS) is 10.3. The molecule has 2 aromatic rings. The molecule has 0 aliphatic heterocycles. The number of hydrogen-bond acceptors (Lipinski definition) is 2. The molecule has 0 saturated heterocycles. The van der Waals surface area contributed by atoms with Gasteiger partial charge in [0.2, 0.25) is 0 Å². The number of carbonyl (C=O) groups excluding carboxylic acids is 1. The number of halogens is 1. The van der Waals surface area contributed by atoms with Crippen LogP contribution in [-0.4, -0.2) is 12.9 Å². The van der Waals surface area contributed by atoms with Crippen molar-refractivity contribution in [2.45, 2.75) is 13.3 Å². The van der Waals surface area contributed by atoms with Gasteiger partial charge >= 0.3 is 0 Å². The minimum absolute atomic E-state index is 0.111. The summed E-state index contributed by atoms with van der Waals surface area (Å²) in [6.45, 7) is 2.01. The Bertz CT molecular complexity index is 588. The molecule has 0 unspecified atom stereocenters. The molecule has 3 heteroatoms. The molecule has 0 saturated carbocycles. The molecular formula is C16H15IO2. The van der Waals surface area contributed by atoms with Gasteiger partial charge in [-0.3, -0.25) is 4.79 Å². The first-order chi connectivity index (χ1) is 9.10. The smallest absolute Gasteiger partial charge is 0.167 e. The average Bonchev–Trinajstić information content (AvgIpc) is 2.39. The monoisotopic (exact) mass is 366 g/mol. The summed E-state index contributed by atoms with van der Waals surface area (Å²) in [6, 6.07) is 13.5. The molecule has 0 amide bonds. The zero-order valence-corrected chi connectivity index (χ0v) is 13.1. The molecule has 0 fully saturated rings. The van der Waals surface area contributed by atoms with Crippen molar-refractivity contribution in [3.8, 4) is 5.75 Å². The molecule has 0 radical (unpaired) electrons. The molecule has 0 aliphatic carbocycles. The lowest BCUT2D eigenvalue weighted by Crippen LogP contribution is -2.05. The molecule has 0 spiro atoms. The number of aryl methyl sites for hydroxylation is 1. The number of rotatable bonds is 4. The van der Waals surface area contributed by atoms with E-state index in [1.807, 2.05) is 49.4 Å². The van der Waals surface area contributed by atoms with Crippen molar-refractivity contribution in [1.82, 2.24) is 0 Å². The number of hydrogen-bond donors (Lipinski definition) is 0. The Morgan fingerprint density at radius 1 is 1.16 bits per heavy atom. The van der Waals surface area contributed by atoms with Crippen LogP contribution in [0.15, 0.2) is 42.5 Å². The first-order valence-corrected chi connectivity index (χ1v) is 7.10. The molecule has 2 aromatic carbocycles. The zero-order chi connectivity index (χ0) is 13.8. The van der Waals surface area contributed by atoms with Crippen LogP contribution in [-0.2, 0) is 6.42 Å². The van der Waals surface area contributed by atoms with E-state index in [2.05, 4.69) is 22.6 Å². The number of ketones is 1. The lowest BCUT2D eigenvalue weighted by Gasteiger charge is -2.09. The largest absolute Gasteiger partial charge is 0.496 e. The summed E-state index contributed by atoms with van der Waals surface area (Å²) in [5.74, 6) is 0.879. The second-order valence-electron chi connectivity index (χ2n) is 4.42. The maximum atomic E-state index is 12.2. The van der Waals surface area contributed by atoms with Crippen LogP contribution >= 0.6 is 22.6 Å². The first kappa shape index (κ1) is 14.1. The Kier molecular flexibility index (Phi) is 4.58. The van der Waals surface area contributed by atoms with Gasteiger partial charge < -0.3 is 4.74 Å². The van der Waals surface area contributed by atoms with E-state index in [0.717, 1.165) is 26.0 Å². The Morgan fingerprint density at radius 2 is 1.84 bits per heavy atom. The summed E-state index contributed by atoms with van der Waals surface area (Å²) in [5, 5.41) is 0. The molecule has 98 valence electrons. The predicted molar refractivity (Wildman–Crippen MR) is 84.9 cm³/mol. The minimum Gasteiger partial charge on any atom is -0.496 e. The zero-order valence-electron chi connectivity index (χ0n) is 10.9. The predicted octanol–water partition coefficient (Wildman–Crippen LogP) is 4.03. The van der Waals surface area contributed by atoms with Crippen LogP contribution in [0, 0.1) is 10.5 Å². The lowest BCUT2D eigenvalue weighted by molar-refractivity contribution is 0.0992. The third-order valence-electron chi connectivity index (χ3n) is 2.95. The Balaban J connectivity index is 2.23. The topological polar surface area (TPSA) is 26.3 Å². The van der Waals surface area contributed by atoms with Crippen molar-refractivity contribution >= 4 is 28.4 Å². The molecule has 0 aromatic heterocycles. The first-order valence-electron chi connectivity index (χ1n) is 6.02. The highest BCUT2D eigenvalue weighted by Crippen LogP contribution is 2.21. The van der Waals surface area contributed by atoms with Gasteiger partial charge in [0.1, 0.15) is 5.75 Å². The number of methoxy groups -OCH3 is 1. The average molecular weight is 366 g/mol. The van der Waals surface area contributed by atoms with E-state index in [1.165, 1.54) is 0 Å². The molecule has 2 rings (SSSR count). The van der Waals surface area contributed by atoms with Crippen molar-refractivity contribution < 1.29 is 9.53 Å². The molecular weight excluding hydrogens is 351 g/mol. The summed E-state index contributed by atoms with van der Waals surface area (Å²) in [4.78, 5) is 12.2. The Labute approximate surface area is 126 Å². The highest BCUT2D eigenvalue weighted by molar-refractivity contribution is 14.1. The number of ether oxygens (including phenoxy) is 1. The summed E-state index contributed by atoms with van der Waals surface area (Å²) in [6.07, 6.45) is 0.367. The fourth-order valence-electron chi connectivity index (χ4n) is 1.96. The molecule has 0 N–H and O–H groups in total. The van der Waals surface area contributed by atoms with Crippen molar-refractivity contribution in [3.63, 3.8) is 0 Å². The van der Waals surface area contributed by atoms with Crippen LogP contribution in [0.1, 0.15) is 21.5 Å². The van der Waals surface area contributed by atoms with E-state index in [0.29, 0.717) is 6.42 Å². The van der Waals surface area contributed by atoms with Crippen molar-refractivity contribution in [2.24, 2.45) is 0 Å². The Morgan fingerprint density at radius 3 is 2.47 bits per heavy atom. The second-order valence-corrected chi connectivity index (χ2v) is 5.67. The number of carbonyl (C=O) groups is 1. The quantitative estimate of drug-likeness (QED) is 0.603. The maximum absolute atomic E-state index is 12.2. The van der Waals surface area contributed by atoms with Crippen LogP contribution in [0.5, 0.6) is 5.75 Å². The summed E-state index contributed by atoms with van der Waals surface area (Å²) in [7, 11) is 1.63. The lowest BCUT2D eigenvalue weighted by atomic mass is 10.0. The SMILES string of the molecule is COc1ccc(C)cc1CC(=O)c1ccc(I)cc1. The van der Waals surface area contributed by atoms with E-state index in [9.17, 15) is 4.79 Å². The van der Waals surface area contributed by atoms with E-state index in [-0.39, 0.29) is 5.78 Å². The highest BCUT2D eigenvalue weighted by Gasteiger charge is 2.11. The molecule has 0 bridgehead atoms. The van der Waals surface area contributed by atoms with Gasteiger partial charge in [0.15, 0.2) is 5.78 Å². The molecule has 0 heterocycles. The molecule has 2 nitrogen and oxygen atoms in total.